The lowest BCUT2D eigenvalue weighted by Gasteiger charge is -2.19. The molecule has 2 atom stereocenters. The van der Waals surface area contributed by atoms with Gasteiger partial charge in [0.1, 0.15) is 6.42 Å². The number of halogens is 9. The van der Waals surface area contributed by atoms with Crippen molar-refractivity contribution in [2.24, 2.45) is 0 Å². The molecular weight excluding hydrogens is 601 g/mol. The van der Waals surface area contributed by atoms with Crippen LogP contribution in [0.2, 0.25) is 10.0 Å². The minimum Gasteiger partial charge on any atom is -0.336 e. The summed E-state index contributed by atoms with van der Waals surface area (Å²) in [5.41, 5.74) is 0.718. The average Bonchev–Trinajstić information content (AvgIpc) is 2.69. The molecule has 2 amide bonds. The van der Waals surface area contributed by atoms with Crippen molar-refractivity contribution in [3.8, 4) is 0 Å². The maximum Gasteiger partial charge on any atom is 0.399 e. The van der Waals surface area contributed by atoms with E-state index in [0.717, 1.165) is 18.2 Å². The Bertz CT molecular complexity index is 1150. The zero-order valence-electron chi connectivity index (χ0n) is 18.6. The van der Waals surface area contributed by atoms with Gasteiger partial charge in [-0.05, 0) is 64.7 Å². The Labute approximate surface area is 221 Å². The van der Waals surface area contributed by atoms with Gasteiger partial charge in [0.25, 0.3) is 5.91 Å². The first-order valence-electron chi connectivity index (χ1n) is 10.1. The van der Waals surface area contributed by atoms with Crippen LogP contribution in [0.1, 0.15) is 46.3 Å². The van der Waals surface area contributed by atoms with E-state index in [1.165, 1.54) is 38.1 Å². The van der Waals surface area contributed by atoms with Crippen LogP contribution < -0.4 is 10.6 Å². The number of carbonyl (C=O) groups is 2. The molecule has 13 heteroatoms. The maximum atomic E-state index is 13.7. The summed E-state index contributed by atoms with van der Waals surface area (Å²) in [6.45, 7) is 2.82. The van der Waals surface area contributed by atoms with Gasteiger partial charge in [-0.2, -0.15) is 26.3 Å². The highest BCUT2D eigenvalue weighted by Gasteiger charge is 2.39. The lowest BCUT2D eigenvalue weighted by molar-refractivity contribution is -0.154. The van der Waals surface area contributed by atoms with E-state index in [9.17, 15) is 35.9 Å². The van der Waals surface area contributed by atoms with E-state index < -0.39 is 42.7 Å². The normalized spacial score (nSPS) is 14.0. The Morgan fingerprint density at radius 1 is 1.03 bits per heavy atom. The zero-order valence-corrected chi connectivity index (χ0v) is 21.7. The van der Waals surface area contributed by atoms with Gasteiger partial charge in [0.05, 0.1) is 26.6 Å². The fourth-order valence-corrected chi connectivity index (χ4v) is 3.93. The van der Waals surface area contributed by atoms with Gasteiger partial charge in [-0.25, -0.2) is 0 Å². The van der Waals surface area contributed by atoms with E-state index in [-0.39, 0.29) is 25.6 Å². The number of nitrogens with one attached hydrogen (secondary N) is 2. The molecular formula is C23H19BrCl2F6N2O2. The molecule has 0 radical (unpaired) electrons. The number of amides is 2. The fraction of sp³-hybridized carbons (Fsp3) is 0.304. The molecule has 0 aliphatic carbocycles. The summed E-state index contributed by atoms with van der Waals surface area (Å²) >= 11 is 15.0. The minimum atomic E-state index is -4.69. The highest BCUT2D eigenvalue weighted by molar-refractivity contribution is 9.10. The number of allylic oxidation sites excluding steroid dienone is 1. The van der Waals surface area contributed by atoms with Crippen LogP contribution in [0.5, 0.6) is 0 Å². The summed E-state index contributed by atoms with van der Waals surface area (Å²) < 4.78 is 78.3. The molecule has 0 heterocycles. The van der Waals surface area contributed by atoms with Gasteiger partial charge < -0.3 is 10.6 Å². The lowest BCUT2D eigenvalue weighted by atomic mass is 9.96. The Balaban J connectivity index is 2.18. The van der Waals surface area contributed by atoms with E-state index in [0.29, 0.717) is 11.1 Å². The molecule has 36 heavy (non-hydrogen) atoms. The third-order valence-corrected chi connectivity index (χ3v) is 6.69. The lowest BCUT2D eigenvalue weighted by Crippen LogP contribution is -2.46. The molecule has 0 aromatic heterocycles. The summed E-state index contributed by atoms with van der Waals surface area (Å²) in [7, 11) is 0. The smallest absolute Gasteiger partial charge is 0.336 e. The van der Waals surface area contributed by atoms with Crippen LogP contribution in [0.15, 0.2) is 40.9 Å². The second-order valence-electron chi connectivity index (χ2n) is 7.81. The van der Waals surface area contributed by atoms with Crippen LogP contribution in [-0.4, -0.2) is 30.3 Å². The van der Waals surface area contributed by atoms with Crippen LogP contribution in [0.3, 0.4) is 0 Å². The predicted molar refractivity (Wildman–Crippen MR) is 129 cm³/mol. The minimum absolute atomic E-state index is 0.0233. The van der Waals surface area contributed by atoms with Gasteiger partial charge >= 0.3 is 12.4 Å². The average molecular weight is 620 g/mol. The third kappa shape index (κ3) is 8.70. The van der Waals surface area contributed by atoms with Crippen molar-refractivity contribution in [2.45, 2.75) is 44.7 Å². The van der Waals surface area contributed by atoms with Crippen molar-refractivity contribution in [3.05, 3.63) is 73.2 Å². The first-order valence-corrected chi connectivity index (χ1v) is 11.7. The highest BCUT2D eigenvalue weighted by Crippen LogP contribution is 2.41. The molecule has 0 bridgehead atoms. The zero-order chi connectivity index (χ0) is 27.4. The quantitative estimate of drug-likeness (QED) is 0.191. The largest absolute Gasteiger partial charge is 0.399 e. The summed E-state index contributed by atoms with van der Waals surface area (Å²) in [4.78, 5) is 23.8. The summed E-state index contributed by atoms with van der Waals surface area (Å²) in [5, 5.41) is 4.40. The molecule has 196 valence electrons. The van der Waals surface area contributed by atoms with Crippen molar-refractivity contribution < 1.29 is 35.9 Å². The van der Waals surface area contributed by atoms with Crippen LogP contribution >= 0.6 is 39.1 Å². The van der Waals surface area contributed by atoms with Crippen molar-refractivity contribution >= 4 is 57.0 Å². The highest BCUT2D eigenvalue weighted by atomic mass is 79.9. The van der Waals surface area contributed by atoms with Gasteiger partial charge in [0.15, 0.2) is 0 Å². The molecule has 0 saturated heterocycles. The third-order valence-electron chi connectivity index (χ3n) is 4.78. The van der Waals surface area contributed by atoms with Crippen LogP contribution in [-0.2, 0) is 4.79 Å². The number of aryl methyl sites for hydroxylation is 1. The summed E-state index contributed by atoms with van der Waals surface area (Å²) in [6, 6.07) is 6.54. The Morgan fingerprint density at radius 3 is 2.11 bits per heavy atom. The molecule has 0 aliphatic heterocycles. The predicted octanol–water partition coefficient (Wildman–Crippen LogP) is 7.57. The molecule has 0 spiro atoms. The number of hydrogen-bond donors (Lipinski definition) is 2. The fourth-order valence-electron chi connectivity index (χ4n) is 3.20. The number of carbonyl (C=O) groups excluding carboxylic acids is 2. The van der Waals surface area contributed by atoms with Gasteiger partial charge in [-0.3, -0.25) is 9.59 Å². The maximum absolute atomic E-state index is 13.7. The standard InChI is InChI=1S/C23H19BrCl2F6N2O2/c1-11-7-13(3-5-15(11)21(36)34-12(2)33-19(35)10-22(27,28)29)4-6-16(23(30,31)32)14-8-17(25)20(24)18(26)9-14/h3-9,12,16H,10H2,1-2H3,(H,33,35)(H,34,36)/b6-4+/t12-,16?/m1/s1. The van der Waals surface area contributed by atoms with E-state index in [1.807, 2.05) is 5.32 Å². The molecule has 0 fully saturated rings. The van der Waals surface area contributed by atoms with Crippen molar-refractivity contribution in [2.75, 3.05) is 0 Å². The molecule has 4 nitrogen and oxygen atoms in total. The van der Waals surface area contributed by atoms with Crippen LogP contribution in [0.4, 0.5) is 26.3 Å². The van der Waals surface area contributed by atoms with Gasteiger partial charge in [0.2, 0.25) is 5.91 Å². The van der Waals surface area contributed by atoms with Crippen molar-refractivity contribution in [1.29, 1.82) is 0 Å². The molecule has 0 saturated carbocycles. The van der Waals surface area contributed by atoms with E-state index in [4.69, 9.17) is 23.2 Å². The number of benzene rings is 2. The Morgan fingerprint density at radius 2 is 1.61 bits per heavy atom. The molecule has 2 aromatic carbocycles. The van der Waals surface area contributed by atoms with E-state index in [2.05, 4.69) is 21.2 Å². The summed E-state index contributed by atoms with van der Waals surface area (Å²) in [5.74, 6) is -4.00. The van der Waals surface area contributed by atoms with Gasteiger partial charge in [-0.1, -0.05) is 47.5 Å². The van der Waals surface area contributed by atoms with Crippen LogP contribution in [0.25, 0.3) is 6.08 Å². The number of alkyl halides is 6. The number of hydrogen-bond acceptors (Lipinski definition) is 2. The molecule has 2 N–H and O–H groups in total. The second kappa shape index (κ2) is 11.9. The topological polar surface area (TPSA) is 58.2 Å². The van der Waals surface area contributed by atoms with E-state index >= 15 is 0 Å². The molecule has 2 aromatic rings. The SMILES string of the molecule is Cc1cc(/C=C/C(c2cc(Cl)c(Br)c(Cl)c2)C(F)(F)F)ccc1C(=O)N[C@H](C)NC(=O)CC(F)(F)F. The first-order chi connectivity index (χ1) is 16.5. The first kappa shape index (κ1) is 30.0. The number of rotatable bonds is 7. The van der Waals surface area contributed by atoms with Gasteiger partial charge in [-0.15, -0.1) is 0 Å². The van der Waals surface area contributed by atoms with Crippen LogP contribution in [0, 0.1) is 6.92 Å². The second-order valence-corrected chi connectivity index (χ2v) is 9.41. The Kier molecular flexibility index (Phi) is 9.89. The molecule has 0 aliphatic rings. The summed E-state index contributed by atoms with van der Waals surface area (Å²) in [6.07, 6.45) is -9.94. The van der Waals surface area contributed by atoms with Gasteiger partial charge in [0, 0.05) is 5.56 Å². The monoisotopic (exact) mass is 618 g/mol. The van der Waals surface area contributed by atoms with Crippen molar-refractivity contribution in [1.82, 2.24) is 10.6 Å². The molecule has 1 unspecified atom stereocenters. The Hall–Kier alpha value is -2.24. The van der Waals surface area contributed by atoms with E-state index in [1.54, 1.807) is 0 Å². The van der Waals surface area contributed by atoms with Crippen molar-refractivity contribution in [3.63, 3.8) is 0 Å². The molecule has 2 rings (SSSR count).